The Morgan fingerprint density at radius 1 is 1.50 bits per heavy atom. The molecule has 2 heteroatoms. The van der Waals surface area contributed by atoms with E-state index in [1.54, 1.807) is 0 Å². The van der Waals surface area contributed by atoms with Crippen LogP contribution in [0.5, 0.6) is 0 Å². The maximum atomic E-state index is 3.86. The molecule has 1 unspecified atom stereocenters. The Morgan fingerprint density at radius 2 is 2.30 bits per heavy atom. The van der Waals surface area contributed by atoms with Crippen molar-refractivity contribution in [2.24, 2.45) is 16.1 Å². The summed E-state index contributed by atoms with van der Waals surface area (Å²) in [4.78, 5) is 0. The molecule has 1 aliphatic carbocycles. The molecule has 52 valence electrons. The van der Waals surface area contributed by atoms with Crippen LogP contribution in [0.4, 0.5) is 0 Å². The lowest BCUT2D eigenvalue weighted by atomic mass is 10.0. The fraction of sp³-hybridized carbons (Fsp3) is 0.250. The predicted molar refractivity (Wildman–Crippen MR) is 44.4 cm³/mol. The molecule has 10 heavy (non-hydrogen) atoms. The van der Waals surface area contributed by atoms with Gasteiger partial charge in [0, 0.05) is 12.6 Å². The van der Waals surface area contributed by atoms with E-state index in [1.165, 1.54) is 0 Å². The minimum Gasteiger partial charge on any atom is -0.167 e. The monoisotopic (exact) mass is 134 g/mol. The highest BCUT2D eigenvalue weighted by atomic mass is 15.2. The second-order valence-electron chi connectivity index (χ2n) is 2.20. The molecule has 0 amide bonds. The number of hydrogen-bond acceptors (Lipinski definition) is 2. The molecule has 1 aliphatic rings. The van der Waals surface area contributed by atoms with E-state index in [9.17, 15) is 0 Å². The van der Waals surface area contributed by atoms with Gasteiger partial charge in [-0.05, 0) is 6.08 Å². The molecule has 0 aliphatic heterocycles. The van der Waals surface area contributed by atoms with E-state index in [4.69, 9.17) is 0 Å². The van der Waals surface area contributed by atoms with Crippen molar-refractivity contribution in [3.05, 3.63) is 24.3 Å². The molecule has 0 spiro atoms. The van der Waals surface area contributed by atoms with E-state index >= 15 is 0 Å². The Morgan fingerprint density at radius 3 is 2.90 bits per heavy atom. The third-order valence-electron chi connectivity index (χ3n) is 1.43. The van der Waals surface area contributed by atoms with Crippen molar-refractivity contribution in [3.63, 3.8) is 0 Å². The molecular formula is C8H10N2. The summed E-state index contributed by atoms with van der Waals surface area (Å²) in [7, 11) is 0. The van der Waals surface area contributed by atoms with Crippen LogP contribution in [0.3, 0.4) is 0 Å². The van der Waals surface area contributed by atoms with Gasteiger partial charge in [-0.2, -0.15) is 10.2 Å². The van der Waals surface area contributed by atoms with Crippen molar-refractivity contribution in [2.75, 3.05) is 0 Å². The second kappa shape index (κ2) is 3.11. The summed E-state index contributed by atoms with van der Waals surface area (Å²) in [5.74, 6) is 0.371. The highest BCUT2D eigenvalue weighted by molar-refractivity contribution is 5.98. The fourth-order valence-electron chi connectivity index (χ4n) is 0.841. The van der Waals surface area contributed by atoms with Crippen molar-refractivity contribution in [3.8, 4) is 0 Å². The first kappa shape index (κ1) is 6.93. The summed E-state index contributed by atoms with van der Waals surface area (Å²) in [5, 5.41) is 7.32. The zero-order valence-electron chi connectivity index (χ0n) is 5.99. The summed E-state index contributed by atoms with van der Waals surface area (Å²) < 4.78 is 0. The molecule has 1 rings (SSSR count). The van der Waals surface area contributed by atoms with Gasteiger partial charge in [-0.15, -0.1) is 0 Å². The molecule has 0 bridgehead atoms. The average molecular weight is 134 g/mol. The Balaban J connectivity index is 2.79. The molecule has 0 aromatic rings. The molecule has 0 aromatic carbocycles. The van der Waals surface area contributed by atoms with Crippen LogP contribution < -0.4 is 0 Å². The standard InChI is InChI=1S/C8H10N2/c1-7-5-3-4-6-8(7)10-9-2/h3-7H,2H2,1H3/b10-8-. The quantitative estimate of drug-likeness (QED) is 0.386. The summed E-state index contributed by atoms with van der Waals surface area (Å²) in [6, 6.07) is 0. The summed E-state index contributed by atoms with van der Waals surface area (Å²) in [6.45, 7) is 5.37. The third kappa shape index (κ3) is 1.41. The Bertz CT molecular complexity index is 211. The van der Waals surface area contributed by atoms with Gasteiger partial charge < -0.3 is 0 Å². The van der Waals surface area contributed by atoms with Crippen molar-refractivity contribution in [2.45, 2.75) is 6.92 Å². The highest BCUT2D eigenvalue weighted by Crippen LogP contribution is 2.07. The van der Waals surface area contributed by atoms with Crippen LogP contribution in [0.25, 0.3) is 0 Å². The second-order valence-corrected chi connectivity index (χ2v) is 2.20. The minimum absolute atomic E-state index is 0.371. The summed E-state index contributed by atoms with van der Waals surface area (Å²) >= 11 is 0. The van der Waals surface area contributed by atoms with Crippen LogP contribution in [0, 0.1) is 5.92 Å². The van der Waals surface area contributed by atoms with Gasteiger partial charge in [-0.3, -0.25) is 0 Å². The van der Waals surface area contributed by atoms with Gasteiger partial charge in [-0.25, -0.2) is 0 Å². The molecule has 0 fully saturated rings. The van der Waals surface area contributed by atoms with Crippen molar-refractivity contribution in [1.29, 1.82) is 0 Å². The van der Waals surface area contributed by atoms with E-state index in [0.29, 0.717) is 5.92 Å². The summed E-state index contributed by atoms with van der Waals surface area (Å²) in [5.41, 5.74) is 0.970. The van der Waals surface area contributed by atoms with Gasteiger partial charge in [0.1, 0.15) is 0 Å². The van der Waals surface area contributed by atoms with E-state index in [-0.39, 0.29) is 0 Å². The number of allylic oxidation sites excluding steroid dienone is 4. The Hall–Kier alpha value is -1.18. The van der Waals surface area contributed by atoms with Crippen LogP contribution in [0.1, 0.15) is 6.92 Å². The fourth-order valence-corrected chi connectivity index (χ4v) is 0.841. The molecular weight excluding hydrogens is 124 g/mol. The maximum absolute atomic E-state index is 3.86. The largest absolute Gasteiger partial charge is 0.167 e. The minimum atomic E-state index is 0.371. The molecule has 0 N–H and O–H groups in total. The van der Waals surface area contributed by atoms with Crippen molar-refractivity contribution >= 4 is 12.4 Å². The zero-order valence-corrected chi connectivity index (χ0v) is 5.99. The average Bonchev–Trinajstić information content (AvgIpc) is 1.94. The summed E-state index contributed by atoms with van der Waals surface area (Å²) in [6.07, 6.45) is 7.97. The number of nitrogens with zero attached hydrogens (tertiary/aromatic N) is 2. The van der Waals surface area contributed by atoms with Crippen LogP contribution in [-0.4, -0.2) is 12.4 Å². The zero-order chi connectivity index (χ0) is 7.40. The Labute approximate surface area is 60.7 Å². The highest BCUT2D eigenvalue weighted by Gasteiger charge is 2.05. The molecule has 0 heterocycles. The molecule has 1 atom stereocenters. The molecule has 0 saturated heterocycles. The normalized spacial score (nSPS) is 27.3. The van der Waals surface area contributed by atoms with Crippen LogP contribution >= 0.6 is 0 Å². The molecule has 0 radical (unpaired) electrons. The topological polar surface area (TPSA) is 24.7 Å². The molecule has 2 nitrogen and oxygen atoms in total. The first-order chi connectivity index (χ1) is 4.84. The van der Waals surface area contributed by atoms with Gasteiger partial charge in [0.2, 0.25) is 0 Å². The van der Waals surface area contributed by atoms with E-state index in [2.05, 4.69) is 29.9 Å². The van der Waals surface area contributed by atoms with Crippen LogP contribution in [0.2, 0.25) is 0 Å². The molecule has 0 aromatic heterocycles. The smallest absolute Gasteiger partial charge is 0.0696 e. The van der Waals surface area contributed by atoms with Gasteiger partial charge in [0.15, 0.2) is 0 Å². The SMILES string of the molecule is C=N/N=C1/C=CC=CC1C. The van der Waals surface area contributed by atoms with Crippen molar-refractivity contribution in [1.82, 2.24) is 0 Å². The molecule has 0 saturated carbocycles. The van der Waals surface area contributed by atoms with Gasteiger partial charge in [-0.1, -0.05) is 25.2 Å². The predicted octanol–water partition coefficient (Wildman–Crippen LogP) is 1.81. The first-order valence-electron chi connectivity index (χ1n) is 3.23. The Kier molecular flexibility index (Phi) is 2.15. The number of hydrogen-bond donors (Lipinski definition) is 0. The van der Waals surface area contributed by atoms with Crippen molar-refractivity contribution < 1.29 is 0 Å². The van der Waals surface area contributed by atoms with Gasteiger partial charge >= 0.3 is 0 Å². The number of rotatable bonds is 1. The van der Waals surface area contributed by atoms with E-state index in [0.717, 1.165) is 5.71 Å². The lowest BCUT2D eigenvalue weighted by molar-refractivity contribution is 0.981. The van der Waals surface area contributed by atoms with Gasteiger partial charge in [0.25, 0.3) is 0 Å². The third-order valence-corrected chi connectivity index (χ3v) is 1.43. The lowest BCUT2D eigenvalue weighted by Gasteiger charge is -2.06. The van der Waals surface area contributed by atoms with Gasteiger partial charge in [0.05, 0.1) is 5.71 Å². The maximum Gasteiger partial charge on any atom is 0.0696 e. The van der Waals surface area contributed by atoms with Crippen LogP contribution in [0.15, 0.2) is 34.5 Å². The lowest BCUT2D eigenvalue weighted by Crippen LogP contribution is -2.06. The van der Waals surface area contributed by atoms with Crippen LogP contribution in [-0.2, 0) is 0 Å². The van der Waals surface area contributed by atoms with E-state index < -0.39 is 0 Å². The van der Waals surface area contributed by atoms with E-state index in [1.807, 2.05) is 18.2 Å². The first-order valence-corrected chi connectivity index (χ1v) is 3.23.